The lowest BCUT2D eigenvalue weighted by Crippen LogP contribution is -2.04. The molecule has 2 heterocycles. The number of unbranched alkanes of at least 4 members (excludes halogenated alkanes) is 1. The summed E-state index contributed by atoms with van der Waals surface area (Å²) in [6.07, 6.45) is -1.92. The van der Waals surface area contributed by atoms with Gasteiger partial charge in [-0.05, 0) is 55.7 Å². The molecule has 2 aromatic heterocycles. The molecule has 0 bridgehead atoms. The summed E-state index contributed by atoms with van der Waals surface area (Å²) < 4.78 is 58.0. The van der Waals surface area contributed by atoms with E-state index in [0.717, 1.165) is 30.9 Å². The smallest absolute Gasteiger partial charge is 0.435 e. The molecule has 3 aromatic rings. The first-order chi connectivity index (χ1) is 13.8. The number of benzene rings is 1. The number of aryl methyl sites for hydroxylation is 1. The number of halogens is 4. The molecule has 0 radical (unpaired) electrons. The monoisotopic (exact) mass is 407 g/mol. The predicted octanol–water partition coefficient (Wildman–Crippen LogP) is 6.04. The molecule has 0 unspecified atom stereocenters. The number of aromatic amines is 1. The molecule has 154 valence electrons. The molecule has 0 amide bonds. The minimum atomic E-state index is -4.55. The Balaban J connectivity index is 2.11. The highest BCUT2D eigenvalue weighted by molar-refractivity contribution is 5.71. The molecule has 0 aliphatic rings. The molecule has 0 atom stereocenters. The van der Waals surface area contributed by atoms with E-state index in [9.17, 15) is 17.6 Å². The molecule has 0 aliphatic carbocycles. The summed E-state index contributed by atoms with van der Waals surface area (Å²) in [6.45, 7) is 4.18. The standard InChI is InChI=1S/C21H21F4N3O/c1-3-5-6-13-9-16(15-8-7-14(22)11-19(15)29-4-2)26-17(10-13)18-12-20(28-27-18)21(23,24)25/h7-12H,3-6H2,1-2H3,(H,27,28). The van der Waals surface area contributed by atoms with Crippen LogP contribution in [0.2, 0.25) is 0 Å². The van der Waals surface area contributed by atoms with Gasteiger partial charge in [-0.15, -0.1) is 0 Å². The van der Waals surface area contributed by atoms with Gasteiger partial charge in [0.15, 0.2) is 5.69 Å². The van der Waals surface area contributed by atoms with Gasteiger partial charge in [0, 0.05) is 11.6 Å². The van der Waals surface area contributed by atoms with E-state index in [2.05, 4.69) is 22.1 Å². The van der Waals surface area contributed by atoms with Crippen LogP contribution >= 0.6 is 0 Å². The zero-order valence-electron chi connectivity index (χ0n) is 16.1. The van der Waals surface area contributed by atoms with E-state index >= 15 is 0 Å². The van der Waals surface area contributed by atoms with E-state index in [-0.39, 0.29) is 5.69 Å². The third kappa shape index (κ3) is 4.93. The summed E-state index contributed by atoms with van der Waals surface area (Å²) in [5.41, 5.74) is 1.48. The normalized spacial score (nSPS) is 11.7. The van der Waals surface area contributed by atoms with Crippen LogP contribution in [0.3, 0.4) is 0 Å². The van der Waals surface area contributed by atoms with Crippen molar-refractivity contribution >= 4 is 0 Å². The fraction of sp³-hybridized carbons (Fsp3) is 0.333. The second-order valence-electron chi connectivity index (χ2n) is 6.59. The van der Waals surface area contributed by atoms with Crippen LogP contribution in [0.1, 0.15) is 37.9 Å². The molecular formula is C21H21F4N3O. The highest BCUT2D eigenvalue weighted by atomic mass is 19.4. The second kappa shape index (κ2) is 8.63. The van der Waals surface area contributed by atoms with Crippen molar-refractivity contribution in [2.45, 2.75) is 39.3 Å². The van der Waals surface area contributed by atoms with E-state index in [0.29, 0.717) is 29.3 Å². The molecule has 0 aliphatic heterocycles. The first-order valence-corrected chi connectivity index (χ1v) is 9.38. The van der Waals surface area contributed by atoms with Gasteiger partial charge in [0.05, 0.1) is 23.7 Å². The molecule has 29 heavy (non-hydrogen) atoms. The average molecular weight is 407 g/mol. The van der Waals surface area contributed by atoms with Crippen molar-refractivity contribution in [3.05, 3.63) is 53.5 Å². The zero-order chi connectivity index (χ0) is 21.0. The van der Waals surface area contributed by atoms with Crippen LogP contribution in [0, 0.1) is 5.82 Å². The summed E-state index contributed by atoms with van der Waals surface area (Å²) >= 11 is 0. The van der Waals surface area contributed by atoms with E-state index in [1.54, 1.807) is 19.1 Å². The number of nitrogens with one attached hydrogen (secondary N) is 1. The SMILES string of the molecule is CCCCc1cc(-c2cc(C(F)(F)F)n[nH]2)nc(-c2ccc(F)cc2OCC)c1. The molecule has 0 fully saturated rings. The molecule has 0 saturated heterocycles. The highest BCUT2D eigenvalue weighted by Gasteiger charge is 2.34. The summed E-state index contributed by atoms with van der Waals surface area (Å²) in [4.78, 5) is 4.51. The Morgan fingerprint density at radius 3 is 2.45 bits per heavy atom. The Bertz CT molecular complexity index is 982. The van der Waals surface area contributed by atoms with E-state index < -0.39 is 17.7 Å². The van der Waals surface area contributed by atoms with Crippen molar-refractivity contribution in [2.75, 3.05) is 6.61 Å². The van der Waals surface area contributed by atoms with Crippen LogP contribution in [0.15, 0.2) is 36.4 Å². The number of pyridine rings is 1. The van der Waals surface area contributed by atoms with E-state index in [1.807, 2.05) is 6.07 Å². The predicted molar refractivity (Wildman–Crippen MR) is 102 cm³/mol. The van der Waals surface area contributed by atoms with Crippen LogP contribution in [0.4, 0.5) is 17.6 Å². The summed E-state index contributed by atoms with van der Waals surface area (Å²) in [5.74, 6) is -0.109. The van der Waals surface area contributed by atoms with Gasteiger partial charge in [0.1, 0.15) is 11.6 Å². The van der Waals surface area contributed by atoms with Gasteiger partial charge in [0.25, 0.3) is 0 Å². The van der Waals surface area contributed by atoms with Crippen molar-refractivity contribution in [3.63, 3.8) is 0 Å². The molecular weight excluding hydrogens is 386 g/mol. The fourth-order valence-corrected chi connectivity index (χ4v) is 2.97. The van der Waals surface area contributed by atoms with Crippen LogP contribution in [-0.4, -0.2) is 21.8 Å². The summed E-state index contributed by atoms with van der Waals surface area (Å²) in [6, 6.07) is 8.67. The Morgan fingerprint density at radius 1 is 1.03 bits per heavy atom. The summed E-state index contributed by atoms with van der Waals surface area (Å²) in [7, 11) is 0. The number of hydrogen-bond donors (Lipinski definition) is 1. The van der Waals surface area contributed by atoms with Gasteiger partial charge in [-0.3, -0.25) is 5.10 Å². The number of rotatable bonds is 7. The number of nitrogens with zero attached hydrogens (tertiary/aromatic N) is 2. The third-order valence-electron chi connectivity index (χ3n) is 4.37. The Hall–Kier alpha value is -2.90. The number of ether oxygens (including phenoxy) is 1. The second-order valence-corrected chi connectivity index (χ2v) is 6.59. The topological polar surface area (TPSA) is 50.8 Å². The number of H-pyrrole nitrogens is 1. The Labute approximate surface area is 165 Å². The molecule has 1 N–H and O–H groups in total. The fourth-order valence-electron chi connectivity index (χ4n) is 2.97. The van der Waals surface area contributed by atoms with E-state index in [1.165, 1.54) is 12.1 Å². The minimum absolute atomic E-state index is 0.164. The third-order valence-corrected chi connectivity index (χ3v) is 4.37. The lowest BCUT2D eigenvalue weighted by atomic mass is 10.0. The highest BCUT2D eigenvalue weighted by Crippen LogP contribution is 2.34. The first kappa shape index (κ1) is 20.8. The van der Waals surface area contributed by atoms with Gasteiger partial charge < -0.3 is 4.74 Å². The maximum absolute atomic E-state index is 13.7. The number of alkyl halides is 3. The molecule has 4 nitrogen and oxygen atoms in total. The molecule has 0 spiro atoms. The maximum Gasteiger partial charge on any atom is 0.435 e. The minimum Gasteiger partial charge on any atom is -0.493 e. The van der Waals surface area contributed by atoms with Crippen LogP contribution in [0.5, 0.6) is 5.75 Å². The van der Waals surface area contributed by atoms with Gasteiger partial charge in [-0.2, -0.15) is 18.3 Å². The van der Waals surface area contributed by atoms with Gasteiger partial charge in [0.2, 0.25) is 0 Å². The number of hydrogen-bond acceptors (Lipinski definition) is 3. The largest absolute Gasteiger partial charge is 0.493 e. The van der Waals surface area contributed by atoms with Crippen LogP contribution in [-0.2, 0) is 12.6 Å². The van der Waals surface area contributed by atoms with Crippen LogP contribution in [0.25, 0.3) is 22.6 Å². The van der Waals surface area contributed by atoms with Crippen molar-refractivity contribution in [3.8, 4) is 28.4 Å². The summed E-state index contributed by atoms with van der Waals surface area (Å²) in [5, 5.41) is 5.77. The molecule has 3 rings (SSSR count). The lowest BCUT2D eigenvalue weighted by Gasteiger charge is -2.13. The maximum atomic E-state index is 13.7. The Morgan fingerprint density at radius 2 is 1.79 bits per heavy atom. The Kier molecular flexibility index (Phi) is 6.20. The van der Waals surface area contributed by atoms with E-state index in [4.69, 9.17) is 4.74 Å². The van der Waals surface area contributed by atoms with Crippen molar-refractivity contribution < 1.29 is 22.3 Å². The molecule has 1 aromatic carbocycles. The molecule has 0 saturated carbocycles. The number of aromatic nitrogens is 3. The average Bonchev–Trinajstić information content (AvgIpc) is 3.17. The van der Waals surface area contributed by atoms with Gasteiger partial charge >= 0.3 is 6.18 Å². The lowest BCUT2D eigenvalue weighted by molar-refractivity contribution is -0.141. The first-order valence-electron chi connectivity index (χ1n) is 9.38. The quantitative estimate of drug-likeness (QED) is 0.486. The zero-order valence-corrected chi connectivity index (χ0v) is 16.1. The van der Waals surface area contributed by atoms with Gasteiger partial charge in [-0.25, -0.2) is 9.37 Å². The van der Waals surface area contributed by atoms with Crippen molar-refractivity contribution in [2.24, 2.45) is 0 Å². The van der Waals surface area contributed by atoms with Crippen LogP contribution < -0.4 is 4.74 Å². The molecule has 8 heteroatoms. The van der Waals surface area contributed by atoms with Crippen molar-refractivity contribution in [1.82, 2.24) is 15.2 Å². The van der Waals surface area contributed by atoms with Crippen molar-refractivity contribution in [1.29, 1.82) is 0 Å². The van der Waals surface area contributed by atoms with Gasteiger partial charge in [-0.1, -0.05) is 13.3 Å².